The zero-order valence-electron chi connectivity index (χ0n) is 37.1. The zero-order chi connectivity index (χ0) is 41.6. The molecule has 0 aliphatic heterocycles. The van der Waals surface area contributed by atoms with Gasteiger partial charge in [-0.25, -0.2) is 0 Å². The van der Waals surface area contributed by atoms with Gasteiger partial charge in [0, 0.05) is 43.1 Å². The molecule has 0 radical (unpaired) electrons. The van der Waals surface area contributed by atoms with Gasteiger partial charge in [0.05, 0.1) is 56.4 Å². The van der Waals surface area contributed by atoms with Gasteiger partial charge in [-0.1, -0.05) is 55.4 Å². The van der Waals surface area contributed by atoms with Crippen molar-refractivity contribution >= 4 is 76.2 Å². The summed E-state index contributed by atoms with van der Waals surface area (Å²) in [5.41, 5.74) is 17.7. The van der Waals surface area contributed by atoms with Crippen molar-refractivity contribution in [2.24, 2.45) is 11.8 Å². The van der Waals surface area contributed by atoms with Crippen LogP contribution in [0.2, 0.25) is 0 Å². The van der Waals surface area contributed by atoms with E-state index >= 15 is 0 Å². The number of benzene rings is 5. The van der Waals surface area contributed by atoms with Gasteiger partial charge in [-0.2, -0.15) is 10.5 Å². The Labute approximate surface area is 357 Å². The van der Waals surface area contributed by atoms with Gasteiger partial charge >= 0.3 is 0 Å². The summed E-state index contributed by atoms with van der Waals surface area (Å²) in [6.45, 7) is 19.1. The van der Waals surface area contributed by atoms with Gasteiger partial charge in [0.2, 0.25) is 0 Å². The van der Waals surface area contributed by atoms with Crippen LogP contribution in [-0.2, 0) is 21.7 Å². The Morgan fingerprint density at radius 3 is 1.44 bits per heavy atom. The number of aromatic nitrogens is 2. The van der Waals surface area contributed by atoms with Crippen LogP contribution in [-0.4, -0.2) is 8.80 Å². The van der Waals surface area contributed by atoms with Gasteiger partial charge in [0.15, 0.2) is 0 Å². The normalized spacial score (nSPS) is 27.2. The summed E-state index contributed by atoms with van der Waals surface area (Å²) in [6, 6.07) is 25.2. The number of rotatable bonds is 0. The molecule has 0 saturated heterocycles. The number of fused-ring (bicyclic) bond motifs is 14. The minimum absolute atomic E-state index is 0.0383. The molecule has 0 spiro atoms. The Bertz CT molecular complexity index is 3590. The summed E-state index contributed by atoms with van der Waals surface area (Å²) in [5.74, 6) is 2.60. The van der Waals surface area contributed by atoms with E-state index < -0.39 is 0 Å². The summed E-state index contributed by atoms with van der Waals surface area (Å²) in [4.78, 5) is 0. The largest absolute Gasteiger partial charge is 0.308 e. The average Bonchev–Trinajstić information content (AvgIpc) is 3.90. The zero-order valence-corrected chi connectivity index (χ0v) is 37.1. The highest BCUT2D eigenvalue weighted by atomic mass is 14.9. The van der Waals surface area contributed by atoms with Crippen LogP contribution in [0.25, 0.3) is 76.2 Å². The van der Waals surface area contributed by atoms with Crippen LogP contribution in [0.4, 0.5) is 0 Å². The molecule has 4 heteroatoms. The van der Waals surface area contributed by atoms with Gasteiger partial charge in [0.1, 0.15) is 0 Å². The van der Waals surface area contributed by atoms with E-state index in [9.17, 15) is 10.5 Å². The molecule has 2 unspecified atom stereocenters. The molecule has 61 heavy (non-hydrogen) atoms. The van der Waals surface area contributed by atoms with E-state index in [2.05, 4.69) is 125 Å². The van der Waals surface area contributed by atoms with Crippen LogP contribution in [0.1, 0.15) is 170 Å². The lowest BCUT2D eigenvalue weighted by Gasteiger charge is -2.52. The molecule has 302 valence electrons. The molecule has 4 aromatic heterocycles. The predicted octanol–water partition coefficient (Wildman–Crippen LogP) is 14.8. The smallest absolute Gasteiger partial charge is 0.0995 e. The van der Waals surface area contributed by atoms with Crippen molar-refractivity contribution in [1.29, 1.82) is 10.5 Å². The molecule has 5 aromatic carbocycles. The molecule has 9 aromatic rings. The van der Waals surface area contributed by atoms with Crippen LogP contribution < -0.4 is 0 Å². The molecule has 2 atom stereocenters. The van der Waals surface area contributed by atoms with E-state index in [0.717, 1.165) is 35.8 Å². The first kappa shape index (κ1) is 35.3. The van der Waals surface area contributed by atoms with Gasteiger partial charge < -0.3 is 8.80 Å². The van der Waals surface area contributed by atoms with Crippen molar-refractivity contribution in [2.75, 3.05) is 0 Å². The molecule has 4 heterocycles. The van der Waals surface area contributed by atoms with E-state index in [0.29, 0.717) is 11.8 Å². The Balaban J connectivity index is 1.19. The number of nitrogens with zero attached hydrogens (tertiary/aromatic N) is 4. The highest BCUT2D eigenvalue weighted by molar-refractivity contribution is 6.30. The lowest BCUT2D eigenvalue weighted by atomic mass is 9.51. The fourth-order valence-corrected chi connectivity index (χ4v) is 15.3. The summed E-state index contributed by atoms with van der Waals surface area (Å²) in [5, 5.41) is 32.7. The molecule has 16 rings (SSSR count). The first-order valence-corrected chi connectivity index (χ1v) is 23.5. The molecule has 4 nitrogen and oxygen atoms in total. The maximum atomic E-state index is 11.0. The summed E-state index contributed by atoms with van der Waals surface area (Å²) < 4.78 is 5.14. The van der Waals surface area contributed by atoms with Crippen LogP contribution >= 0.6 is 0 Å². The molecule has 7 aliphatic rings. The lowest BCUT2D eigenvalue weighted by molar-refractivity contribution is 0.166. The summed E-state index contributed by atoms with van der Waals surface area (Å²) >= 11 is 0. The van der Waals surface area contributed by atoms with E-state index in [4.69, 9.17) is 0 Å². The van der Waals surface area contributed by atoms with Crippen molar-refractivity contribution in [1.82, 2.24) is 8.80 Å². The standard InChI is InChI=1S/C57H54N4/c1-54(2,3)34-20-38-36-25-43-37(24-42(36)60-44-18-32(26-58)46-30-14-28-13-29(15-30)17-31(16-28)47(46)48(44)40(22-34)52(38)60)39-21-35(55(4,5)6)23-41-49-45(61(43)53(39)41)19-33(27-59)50-51(49)57(8)11-9-56(50,7)10-12-57/h18-25,28-31H,9-17H2,1-8H3. The molecule has 3 saturated carbocycles. The van der Waals surface area contributed by atoms with E-state index in [1.807, 2.05) is 0 Å². The van der Waals surface area contributed by atoms with Crippen molar-refractivity contribution in [3.63, 3.8) is 0 Å². The Morgan fingerprint density at radius 2 is 0.934 bits per heavy atom. The third-order valence-corrected chi connectivity index (χ3v) is 18.1. The summed E-state index contributed by atoms with van der Waals surface area (Å²) in [7, 11) is 0. The fraction of sp³-hybridized carbons (Fsp3) is 0.439. The second-order valence-corrected chi connectivity index (χ2v) is 23.8. The molecular weight excluding hydrogens is 741 g/mol. The molecule has 0 N–H and O–H groups in total. The van der Waals surface area contributed by atoms with E-state index in [1.165, 1.54) is 155 Å². The second-order valence-electron chi connectivity index (χ2n) is 23.8. The van der Waals surface area contributed by atoms with Crippen LogP contribution in [0.3, 0.4) is 0 Å². The minimum Gasteiger partial charge on any atom is -0.308 e. The van der Waals surface area contributed by atoms with E-state index in [1.54, 1.807) is 0 Å². The SMILES string of the molecule is CC(C)(C)c1cc2c3cc4c(cc3n3c5cc(C#N)c6c(c5c(c1)c23)C1CC2CC(CC6C2)C1)c1cc(C(C)(C)C)cc2c3c5c(c(C#N)cc3n4c12)C1(C)CCC5(C)CC1. The van der Waals surface area contributed by atoms with Crippen molar-refractivity contribution in [3.8, 4) is 12.1 Å². The second kappa shape index (κ2) is 10.6. The van der Waals surface area contributed by atoms with Crippen molar-refractivity contribution in [3.05, 3.63) is 93.0 Å². The molecule has 6 bridgehead atoms. The van der Waals surface area contributed by atoms with Gasteiger partial charge in [-0.05, 0) is 185 Å². The first-order chi connectivity index (χ1) is 29.1. The maximum Gasteiger partial charge on any atom is 0.0995 e. The maximum absolute atomic E-state index is 11.0. The first-order valence-electron chi connectivity index (χ1n) is 23.5. The highest BCUT2D eigenvalue weighted by Gasteiger charge is 2.51. The number of nitriles is 2. The lowest BCUT2D eigenvalue weighted by Crippen LogP contribution is -2.45. The van der Waals surface area contributed by atoms with Crippen LogP contribution in [0.15, 0.2) is 48.5 Å². The topological polar surface area (TPSA) is 56.4 Å². The highest BCUT2D eigenvalue weighted by Crippen LogP contribution is 2.62. The monoisotopic (exact) mass is 794 g/mol. The third-order valence-electron chi connectivity index (χ3n) is 18.1. The number of hydrogen-bond donors (Lipinski definition) is 0. The molecule has 7 aliphatic carbocycles. The third kappa shape index (κ3) is 4.09. The molecular formula is C57H54N4. The summed E-state index contributed by atoms with van der Waals surface area (Å²) in [6.07, 6.45) is 11.1. The fourth-order valence-electron chi connectivity index (χ4n) is 15.3. The van der Waals surface area contributed by atoms with Gasteiger partial charge in [-0.3, -0.25) is 0 Å². The Morgan fingerprint density at radius 1 is 0.492 bits per heavy atom. The number of hydrogen-bond acceptors (Lipinski definition) is 2. The van der Waals surface area contributed by atoms with Gasteiger partial charge in [0.25, 0.3) is 0 Å². The quantitative estimate of drug-likeness (QED) is 0.153. The Hall–Kier alpha value is -5.32. The van der Waals surface area contributed by atoms with Crippen LogP contribution in [0, 0.1) is 34.5 Å². The molecule has 0 amide bonds. The molecule has 3 fully saturated rings. The van der Waals surface area contributed by atoms with E-state index in [-0.39, 0.29) is 21.7 Å². The van der Waals surface area contributed by atoms with Crippen molar-refractivity contribution in [2.45, 2.75) is 147 Å². The Kier molecular flexibility index (Phi) is 6.16. The van der Waals surface area contributed by atoms with Gasteiger partial charge in [-0.15, -0.1) is 0 Å². The minimum atomic E-state index is -0.0489. The van der Waals surface area contributed by atoms with Crippen molar-refractivity contribution < 1.29 is 0 Å². The van der Waals surface area contributed by atoms with Crippen LogP contribution in [0.5, 0.6) is 0 Å². The predicted molar refractivity (Wildman–Crippen MR) is 251 cm³/mol. The average molecular weight is 795 g/mol.